The summed E-state index contributed by atoms with van der Waals surface area (Å²) in [5.41, 5.74) is 7.22. The van der Waals surface area contributed by atoms with Gasteiger partial charge in [0.05, 0.1) is 44.0 Å². The maximum absolute atomic E-state index is 5.39. The third-order valence-electron chi connectivity index (χ3n) is 3.93. The van der Waals surface area contributed by atoms with Crippen LogP contribution in [0, 0.1) is 0 Å². The molecule has 10 nitrogen and oxygen atoms in total. The Bertz CT molecular complexity index is 1090. The number of methoxy groups -OCH3 is 1. The standard InChI is InChI=1S/C21H19N7O3/c1-29-18-7-3-2-6-17(18)24-19-11-20(27-23-13-16-5-4-9-31-16)26-21(25-19)28-22-12-15-8-10-30-14-15/h2-14H,1H3,(H3,24,25,26,27,28). The van der Waals surface area contributed by atoms with Crippen LogP contribution in [0.3, 0.4) is 0 Å². The van der Waals surface area contributed by atoms with Crippen LogP contribution in [0.5, 0.6) is 5.75 Å². The van der Waals surface area contributed by atoms with Gasteiger partial charge in [-0.05, 0) is 30.3 Å². The molecule has 0 fully saturated rings. The number of furan rings is 2. The Balaban J connectivity index is 1.56. The van der Waals surface area contributed by atoms with E-state index in [0.29, 0.717) is 23.1 Å². The van der Waals surface area contributed by atoms with E-state index in [1.54, 1.807) is 62.6 Å². The van der Waals surface area contributed by atoms with Crippen LogP contribution in [0.1, 0.15) is 11.3 Å². The molecule has 0 saturated carbocycles. The zero-order valence-corrected chi connectivity index (χ0v) is 16.5. The van der Waals surface area contributed by atoms with Crippen molar-refractivity contribution in [2.24, 2.45) is 10.2 Å². The zero-order valence-electron chi connectivity index (χ0n) is 16.5. The number of anilines is 4. The highest BCUT2D eigenvalue weighted by atomic mass is 16.5. The number of hydrogen-bond acceptors (Lipinski definition) is 10. The molecule has 4 aromatic rings. The summed E-state index contributed by atoms with van der Waals surface area (Å²) in [6, 6.07) is 14.6. The molecule has 0 unspecified atom stereocenters. The monoisotopic (exact) mass is 417 g/mol. The van der Waals surface area contributed by atoms with Gasteiger partial charge >= 0.3 is 0 Å². The van der Waals surface area contributed by atoms with Crippen LogP contribution in [0.15, 0.2) is 86.4 Å². The molecule has 0 aliphatic rings. The number of rotatable bonds is 9. The van der Waals surface area contributed by atoms with Gasteiger partial charge in [-0.2, -0.15) is 20.2 Å². The van der Waals surface area contributed by atoms with Crippen LogP contribution >= 0.6 is 0 Å². The van der Waals surface area contributed by atoms with Crippen molar-refractivity contribution in [3.05, 3.63) is 78.6 Å². The van der Waals surface area contributed by atoms with Crippen LogP contribution < -0.4 is 20.9 Å². The van der Waals surface area contributed by atoms with Crippen LogP contribution in [-0.4, -0.2) is 29.5 Å². The Morgan fingerprint density at radius 2 is 1.81 bits per heavy atom. The molecule has 0 bridgehead atoms. The summed E-state index contributed by atoms with van der Waals surface area (Å²) in [7, 11) is 1.61. The number of benzene rings is 1. The molecule has 0 amide bonds. The molecule has 0 saturated heterocycles. The average molecular weight is 417 g/mol. The minimum atomic E-state index is 0.260. The van der Waals surface area contributed by atoms with E-state index in [0.717, 1.165) is 11.3 Å². The fraction of sp³-hybridized carbons (Fsp3) is 0.0476. The topological polar surface area (TPSA) is 122 Å². The Morgan fingerprint density at radius 1 is 0.935 bits per heavy atom. The molecule has 10 heteroatoms. The van der Waals surface area contributed by atoms with Gasteiger partial charge in [0.1, 0.15) is 17.3 Å². The molecule has 0 radical (unpaired) electrons. The van der Waals surface area contributed by atoms with Gasteiger partial charge in [-0.15, -0.1) is 0 Å². The van der Waals surface area contributed by atoms with Gasteiger partial charge in [0.25, 0.3) is 0 Å². The number of hydrogen-bond donors (Lipinski definition) is 3. The van der Waals surface area contributed by atoms with Crippen molar-refractivity contribution in [1.29, 1.82) is 0 Å². The quantitative estimate of drug-likeness (QED) is 0.272. The lowest BCUT2D eigenvalue weighted by molar-refractivity contribution is 0.417. The largest absolute Gasteiger partial charge is 0.495 e. The maximum atomic E-state index is 5.39. The first-order chi connectivity index (χ1) is 15.3. The smallest absolute Gasteiger partial charge is 0.247 e. The first-order valence-electron chi connectivity index (χ1n) is 9.23. The van der Waals surface area contributed by atoms with Gasteiger partial charge < -0.3 is 18.9 Å². The molecule has 1 aromatic carbocycles. The minimum absolute atomic E-state index is 0.260. The Kier molecular flexibility index (Phi) is 6.19. The van der Waals surface area contributed by atoms with E-state index in [-0.39, 0.29) is 5.95 Å². The van der Waals surface area contributed by atoms with Crippen molar-refractivity contribution < 1.29 is 13.6 Å². The SMILES string of the molecule is COc1ccccc1Nc1cc(NN=Cc2ccco2)nc(NN=Cc2ccoc2)n1. The molecule has 3 aromatic heterocycles. The van der Waals surface area contributed by atoms with Crippen molar-refractivity contribution >= 4 is 35.7 Å². The fourth-order valence-electron chi connectivity index (χ4n) is 2.54. The van der Waals surface area contributed by atoms with E-state index in [2.05, 4.69) is 36.3 Å². The maximum Gasteiger partial charge on any atom is 0.247 e. The molecule has 0 aliphatic heterocycles. The van der Waals surface area contributed by atoms with E-state index in [1.807, 2.05) is 24.3 Å². The lowest BCUT2D eigenvalue weighted by Crippen LogP contribution is -2.04. The molecule has 0 aliphatic carbocycles. The summed E-state index contributed by atoms with van der Waals surface area (Å²) < 4.78 is 15.6. The van der Waals surface area contributed by atoms with Gasteiger partial charge in [0, 0.05) is 11.6 Å². The molecule has 3 heterocycles. The number of para-hydroxylation sites is 2. The second-order valence-corrected chi connectivity index (χ2v) is 6.10. The van der Waals surface area contributed by atoms with E-state index >= 15 is 0 Å². The van der Waals surface area contributed by atoms with Crippen LogP contribution in [-0.2, 0) is 0 Å². The van der Waals surface area contributed by atoms with E-state index in [4.69, 9.17) is 13.6 Å². The lowest BCUT2D eigenvalue weighted by atomic mass is 10.3. The highest BCUT2D eigenvalue weighted by Crippen LogP contribution is 2.27. The normalized spacial score (nSPS) is 11.1. The number of nitrogens with zero attached hydrogens (tertiary/aromatic N) is 4. The number of aromatic nitrogens is 2. The fourth-order valence-corrected chi connectivity index (χ4v) is 2.54. The molecule has 0 spiro atoms. The summed E-state index contributed by atoms with van der Waals surface area (Å²) in [6.07, 6.45) is 7.84. The minimum Gasteiger partial charge on any atom is -0.495 e. The van der Waals surface area contributed by atoms with Gasteiger partial charge in [-0.1, -0.05) is 12.1 Å². The third kappa shape index (κ3) is 5.48. The van der Waals surface area contributed by atoms with Crippen LogP contribution in [0.25, 0.3) is 0 Å². The van der Waals surface area contributed by atoms with E-state index in [1.165, 1.54) is 0 Å². The van der Waals surface area contributed by atoms with Crippen molar-refractivity contribution in [1.82, 2.24) is 9.97 Å². The second-order valence-electron chi connectivity index (χ2n) is 6.10. The van der Waals surface area contributed by atoms with Gasteiger partial charge in [0.2, 0.25) is 5.95 Å². The average Bonchev–Trinajstić information content (AvgIpc) is 3.49. The molecule has 31 heavy (non-hydrogen) atoms. The highest BCUT2D eigenvalue weighted by Gasteiger charge is 2.07. The Hall–Kier alpha value is -4.60. The van der Waals surface area contributed by atoms with Crippen LogP contribution in [0.4, 0.5) is 23.3 Å². The second kappa shape index (κ2) is 9.74. The van der Waals surface area contributed by atoms with Gasteiger partial charge in [-0.3, -0.25) is 5.43 Å². The van der Waals surface area contributed by atoms with E-state index in [9.17, 15) is 0 Å². The summed E-state index contributed by atoms with van der Waals surface area (Å²) in [5.74, 6) is 2.50. The van der Waals surface area contributed by atoms with Crippen LogP contribution in [0.2, 0.25) is 0 Å². The first-order valence-corrected chi connectivity index (χ1v) is 9.23. The zero-order chi connectivity index (χ0) is 21.3. The third-order valence-corrected chi connectivity index (χ3v) is 3.93. The number of hydrazone groups is 2. The van der Waals surface area contributed by atoms with E-state index < -0.39 is 0 Å². The Morgan fingerprint density at radius 3 is 2.61 bits per heavy atom. The van der Waals surface area contributed by atoms with Crippen molar-refractivity contribution in [2.45, 2.75) is 0 Å². The van der Waals surface area contributed by atoms with Gasteiger partial charge in [-0.25, -0.2) is 5.43 Å². The van der Waals surface area contributed by atoms with Crippen molar-refractivity contribution in [3.8, 4) is 5.75 Å². The summed E-state index contributed by atoms with van der Waals surface area (Å²) in [5, 5.41) is 11.5. The van der Waals surface area contributed by atoms with Gasteiger partial charge in [0.15, 0.2) is 5.82 Å². The Labute approximate surface area is 177 Å². The summed E-state index contributed by atoms with van der Waals surface area (Å²) >= 11 is 0. The molecule has 156 valence electrons. The molecule has 0 atom stereocenters. The molecular formula is C21H19N7O3. The summed E-state index contributed by atoms with van der Waals surface area (Å²) in [4.78, 5) is 8.81. The first kappa shape index (κ1) is 19.7. The van der Waals surface area contributed by atoms with Crippen molar-refractivity contribution in [3.63, 3.8) is 0 Å². The predicted molar refractivity (Wildman–Crippen MR) is 118 cm³/mol. The van der Waals surface area contributed by atoms with Crippen molar-refractivity contribution in [2.75, 3.05) is 23.3 Å². The highest BCUT2D eigenvalue weighted by molar-refractivity contribution is 5.79. The number of ether oxygens (including phenoxy) is 1. The lowest BCUT2D eigenvalue weighted by Gasteiger charge is -2.12. The molecular weight excluding hydrogens is 398 g/mol. The summed E-state index contributed by atoms with van der Waals surface area (Å²) in [6.45, 7) is 0. The number of nitrogens with one attached hydrogen (secondary N) is 3. The molecule has 4 rings (SSSR count). The predicted octanol–water partition coefficient (Wildman–Crippen LogP) is 4.31. The molecule has 3 N–H and O–H groups in total.